The third-order valence-corrected chi connectivity index (χ3v) is 2.61. The zero-order valence-corrected chi connectivity index (χ0v) is 10.9. The molecule has 2 rings (SSSR count). The van der Waals surface area contributed by atoms with Gasteiger partial charge in [0.15, 0.2) is 0 Å². The number of amides is 2. The number of urea groups is 1. The van der Waals surface area contributed by atoms with Crippen molar-refractivity contribution in [1.82, 2.24) is 15.3 Å². The second-order valence-electron chi connectivity index (χ2n) is 4.08. The summed E-state index contributed by atoms with van der Waals surface area (Å²) >= 11 is 0. The third-order valence-electron chi connectivity index (χ3n) is 2.61. The molecule has 0 unspecified atom stereocenters. The second kappa shape index (κ2) is 7.20. The number of carbonyl (C=O) groups excluding carboxylic acids is 1. The predicted molar refractivity (Wildman–Crippen MR) is 75.1 cm³/mol. The first-order valence-electron chi connectivity index (χ1n) is 6.28. The lowest BCUT2D eigenvalue weighted by Gasteiger charge is -2.20. The third kappa shape index (κ3) is 3.76. The molecule has 6 nitrogen and oxygen atoms in total. The molecule has 0 aliphatic heterocycles. The molecule has 0 saturated carbocycles. The zero-order valence-electron chi connectivity index (χ0n) is 10.9. The van der Waals surface area contributed by atoms with Crippen LogP contribution in [-0.2, 0) is 6.54 Å². The van der Waals surface area contributed by atoms with E-state index in [0.29, 0.717) is 12.5 Å². The van der Waals surface area contributed by atoms with Gasteiger partial charge in [0, 0.05) is 18.9 Å². The molecule has 2 N–H and O–H groups in total. The summed E-state index contributed by atoms with van der Waals surface area (Å²) in [6, 6.07) is 10.9. The summed E-state index contributed by atoms with van der Waals surface area (Å²) < 4.78 is 0. The lowest BCUT2D eigenvalue weighted by Crippen LogP contribution is -2.41. The van der Waals surface area contributed by atoms with Crippen LogP contribution in [0.4, 0.5) is 10.7 Å². The van der Waals surface area contributed by atoms with Crippen molar-refractivity contribution >= 4 is 12.0 Å². The fourth-order valence-corrected chi connectivity index (χ4v) is 1.69. The van der Waals surface area contributed by atoms with Gasteiger partial charge in [-0.15, -0.1) is 0 Å². The normalized spacial score (nSPS) is 10.1. The van der Waals surface area contributed by atoms with E-state index in [0.717, 1.165) is 5.56 Å². The number of benzene rings is 1. The topological polar surface area (TPSA) is 78.4 Å². The molecule has 2 amide bonds. The zero-order chi connectivity index (χ0) is 14.2. The van der Waals surface area contributed by atoms with Gasteiger partial charge in [-0.3, -0.25) is 4.90 Å². The fourth-order valence-electron chi connectivity index (χ4n) is 1.69. The van der Waals surface area contributed by atoms with Gasteiger partial charge in [-0.05, 0) is 11.6 Å². The van der Waals surface area contributed by atoms with Gasteiger partial charge in [-0.1, -0.05) is 30.3 Å². The Hall–Kier alpha value is -2.47. The van der Waals surface area contributed by atoms with E-state index in [-0.39, 0.29) is 19.2 Å². The molecule has 2 aromatic rings. The highest BCUT2D eigenvalue weighted by atomic mass is 16.3. The van der Waals surface area contributed by atoms with Crippen molar-refractivity contribution in [2.75, 3.05) is 18.1 Å². The Morgan fingerprint density at radius 1 is 1.15 bits per heavy atom. The number of hydrogen-bond donors (Lipinski definition) is 2. The Balaban J connectivity index is 2.18. The molecule has 20 heavy (non-hydrogen) atoms. The summed E-state index contributed by atoms with van der Waals surface area (Å²) in [5, 5.41) is 11.4. The quantitative estimate of drug-likeness (QED) is 0.857. The summed E-state index contributed by atoms with van der Waals surface area (Å²) in [5.74, 6) is 0.326. The number of anilines is 1. The van der Waals surface area contributed by atoms with Crippen LogP contribution in [0.3, 0.4) is 0 Å². The standard InChI is InChI=1S/C14H16N4O2/c19-10-9-17-14(20)18(13-15-7-4-8-16-13)11-12-5-2-1-3-6-12/h1-8,19H,9-11H2,(H,17,20). The summed E-state index contributed by atoms with van der Waals surface area (Å²) in [6.45, 7) is 0.444. The number of aliphatic hydroxyl groups is 1. The van der Waals surface area contributed by atoms with E-state index < -0.39 is 0 Å². The molecule has 0 spiro atoms. The van der Waals surface area contributed by atoms with Crippen LogP contribution in [0.25, 0.3) is 0 Å². The molecular formula is C14H16N4O2. The first-order valence-corrected chi connectivity index (χ1v) is 6.28. The average molecular weight is 272 g/mol. The molecule has 6 heteroatoms. The summed E-state index contributed by atoms with van der Waals surface area (Å²) in [5.41, 5.74) is 0.971. The highest BCUT2D eigenvalue weighted by Gasteiger charge is 2.17. The Morgan fingerprint density at radius 3 is 2.50 bits per heavy atom. The van der Waals surface area contributed by atoms with Crippen LogP contribution in [0.2, 0.25) is 0 Å². The van der Waals surface area contributed by atoms with Crippen LogP contribution in [0, 0.1) is 0 Å². The highest BCUT2D eigenvalue weighted by molar-refractivity contribution is 5.89. The second-order valence-corrected chi connectivity index (χ2v) is 4.08. The summed E-state index contributed by atoms with van der Waals surface area (Å²) in [6.07, 6.45) is 3.17. The fraction of sp³-hybridized carbons (Fsp3) is 0.214. The highest BCUT2D eigenvalue weighted by Crippen LogP contribution is 2.11. The van der Waals surface area contributed by atoms with Crippen molar-refractivity contribution in [1.29, 1.82) is 0 Å². The first kappa shape index (κ1) is 14.0. The SMILES string of the molecule is O=C(NCCO)N(Cc1ccccc1)c1ncccn1. The Kier molecular flexibility index (Phi) is 5.02. The van der Waals surface area contributed by atoms with E-state index in [9.17, 15) is 4.79 Å². The number of nitrogens with zero attached hydrogens (tertiary/aromatic N) is 3. The maximum absolute atomic E-state index is 12.1. The van der Waals surface area contributed by atoms with Crippen molar-refractivity contribution < 1.29 is 9.90 Å². The minimum atomic E-state index is -0.339. The largest absolute Gasteiger partial charge is 0.395 e. The number of carbonyl (C=O) groups is 1. The molecule has 0 bridgehead atoms. The number of nitrogens with one attached hydrogen (secondary N) is 1. The van der Waals surface area contributed by atoms with E-state index in [2.05, 4.69) is 15.3 Å². The van der Waals surface area contributed by atoms with Crippen molar-refractivity contribution in [3.05, 3.63) is 54.4 Å². The summed E-state index contributed by atoms with van der Waals surface area (Å²) in [7, 11) is 0. The molecule has 0 saturated heterocycles. The van der Waals surface area contributed by atoms with Crippen LogP contribution in [0.15, 0.2) is 48.8 Å². The van der Waals surface area contributed by atoms with Gasteiger partial charge in [-0.2, -0.15) is 0 Å². The van der Waals surface area contributed by atoms with Gasteiger partial charge in [0.2, 0.25) is 5.95 Å². The molecule has 1 aromatic carbocycles. The molecule has 0 aliphatic carbocycles. The van der Waals surface area contributed by atoms with Crippen molar-refractivity contribution in [3.63, 3.8) is 0 Å². The maximum Gasteiger partial charge on any atom is 0.324 e. The number of hydrogen-bond acceptors (Lipinski definition) is 4. The van der Waals surface area contributed by atoms with E-state index in [1.54, 1.807) is 18.5 Å². The van der Waals surface area contributed by atoms with Crippen LogP contribution in [0.1, 0.15) is 5.56 Å². The number of aliphatic hydroxyl groups excluding tert-OH is 1. The maximum atomic E-state index is 12.1. The van der Waals surface area contributed by atoms with Crippen LogP contribution < -0.4 is 10.2 Å². The van der Waals surface area contributed by atoms with E-state index in [1.807, 2.05) is 30.3 Å². The van der Waals surface area contributed by atoms with Crippen molar-refractivity contribution in [2.45, 2.75) is 6.54 Å². The molecular weight excluding hydrogens is 256 g/mol. The van der Waals surface area contributed by atoms with Crippen LogP contribution in [0.5, 0.6) is 0 Å². The van der Waals surface area contributed by atoms with Crippen LogP contribution in [-0.4, -0.2) is 34.3 Å². The molecule has 0 fully saturated rings. The molecule has 0 aliphatic rings. The van der Waals surface area contributed by atoms with Gasteiger partial charge >= 0.3 is 6.03 Å². The minimum absolute atomic E-state index is 0.111. The Morgan fingerprint density at radius 2 is 1.85 bits per heavy atom. The molecule has 104 valence electrons. The Bertz CT molecular complexity index is 533. The van der Waals surface area contributed by atoms with Crippen molar-refractivity contribution in [3.8, 4) is 0 Å². The monoisotopic (exact) mass is 272 g/mol. The van der Waals surface area contributed by atoms with Gasteiger partial charge in [0.1, 0.15) is 0 Å². The molecule has 1 aromatic heterocycles. The van der Waals surface area contributed by atoms with Crippen LogP contribution >= 0.6 is 0 Å². The minimum Gasteiger partial charge on any atom is -0.395 e. The lowest BCUT2D eigenvalue weighted by atomic mass is 10.2. The Labute approximate surface area is 117 Å². The van der Waals surface area contributed by atoms with E-state index in [4.69, 9.17) is 5.11 Å². The smallest absolute Gasteiger partial charge is 0.324 e. The van der Waals surface area contributed by atoms with E-state index in [1.165, 1.54) is 4.90 Å². The lowest BCUT2D eigenvalue weighted by molar-refractivity contribution is 0.238. The molecule has 0 atom stereocenters. The van der Waals surface area contributed by atoms with Gasteiger partial charge < -0.3 is 10.4 Å². The van der Waals surface area contributed by atoms with Gasteiger partial charge in [-0.25, -0.2) is 14.8 Å². The molecule has 0 radical (unpaired) electrons. The molecule has 1 heterocycles. The number of aromatic nitrogens is 2. The van der Waals surface area contributed by atoms with E-state index >= 15 is 0 Å². The van der Waals surface area contributed by atoms with Gasteiger partial charge in [0.05, 0.1) is 13.2 Å². The average Bonchev–Trinajstić information content (AvgIpc) is 2.52. The predicted octanol–water partition coefficient (Wildman–Crippen LogP) is 1.19. The first-order chi connectivity index (χ1) is 9.81. The summed E-state index contributed by atoms with van der Waals surface area (Å²) in [4.78, 5) is 21.8. The number of rotatable bonds is 5. The van der Waals surface area contributed by atoms with Gasteiger partial charge in [0.25, 0.3) is 0 Å². The van der Waals surface area contributed by atoms with Crippen molar-refractivity contribution in [2.24, 2.45) is 0 Å².